The zero-order valence-electron chi connectivity index (χ0n) is 14.1. The molecule has 1 fully saturated rings. The summed E-state index contributed by atoms with van der Waals surface area (Å²) in [5.74, 6) is -0.458. The topological polar surface area (TPSA) is 26.3 Å². The molecule has 25 heavy (non-hydrogen) atoms. The van der Waals surface area contributed by atoms with E-state index in [1.807, 2.05) is 31.2 Å². The molecule has 0 bridgehead atoms. The molecule has 0 saturated heterocycles. The van der Waals surface area contributed by atoms with Crippen molar-refractivity contribution >= 4 is 17.1 Å². The Morgan fingerprint density at radius 2 is 1.84 bits per heavy atom. The van der Waals surface area contributed by atoms with E-state index in [1.54, 1.807) is 6.07 Å². The van der Waals surface area contributed by atoms with E-state index in [0.29, 0.717) is 18.4 Å². The number of hydrogen-bond acceptors (Lipinski definition) is 2. The van der Waals surface area contributed by atoms with Crippen LogP contribution in [0.4, 0.5) is 13.2 Å². The van der Waals surface area contributed by atoms with E-state index >= 15 is 0 Å². The average Bonchev–Trinajstić information content (AvgIpc) is 2.60. The first-order valence-electron chi connectivity index (χ1n) is 8.66. The number of aldehydes is 1. The Labute approximate surface area is 145 Å². The predicted octanol–water partition coefficient (Wildman–Crippen LogP) is 5.71. The molecular weight excluding hydrogens is 329 g/mol. The van der Waals surface area contributed by atoms with E-state index in [4.69, 9.17) is 4.74 Å². The van der Waals surface area contributed by atoms with Crippen LogP contribution in [0.25, 0.3) is 10.8 Å². The zero-order valence-corrected chi connectivity index (χ0v) is 14.1. The molecule has 0 heterocycles. The molecule has 5 heteroatoms. The third-order valence-electron chi connectivity index (χ3n) is 5.03. The van der Waals surface area contributed by atoms with Crippen molar-refractivity contribution in [3.8, 4) is 5.75 Å². The Morgan fingerprint density at radius 3 is 2.44 bits per heavy atom. The fourth-order valence-corrected chi connectivity index (χ4v) is 3.63. The normalized spacial score (nSPS) is 21.3. The molecule has 0 aliphatic heterocycles. The molecule has 0 unspecified atom stereocenters. The first-order valence-corrected chi connectivity index (χ1v) is 8.66. The maximum absolute atomic E-state index is 12.8. The lowest BCUT2D eigenvalue weighted by molar-refractivity contribution is -0.185. The largest absolute Gasteiger partial charge is 0.490 e. The van der Waals surface area contributed by atoms with E-state index in [-0.39, 0.29) is 18.9 Å². The van der Waals surface area contributed by atoms with Crippen LogP contribution in [-0.4, -0.2) is 18.6 Å². The van der Waals surface area contributed by atoms with Crippen LogP contribution in [0.5, 0.6) is 5.75 Å². The summed E-state index contributed by atoms with van der Waals surface area (Å²) in [6.45, 7) is 2.02. The van der Waals surface area contributed by atoms with Gasteiger partial charge >= 0.3 is 6.18 Å². The summed E-state index contributed by atoms with van der Waals surface area (Å²) >= 11 is 0. The van der Waals surface area contributed by atoms with Crippen molar-refractivity contribution in [1.29, 1.82) is 0 Å². The number of rotatable bonds is 4. The van der Waals surface area contributed by atoms with Gasteiger partial charge in [-0.15, -0.1) is 0 Å². The van der Waals surface area contributed by atoms with Gasteiger partial charge in [-0.2, -0.15) is 13.2 Å². The van der Waals surface area contributed by atoms with Crippen LogP contribution in [0.3, 0.4) is 0 Å². The van der Waals surface area contributed by atoms with Gasteiger partial charge in [0.2, 0.25) is 0 Å². The van der Waals surface area contributed by atoms with E-state index in [9.17, 15) is 18.0 Å². The van der Waals surface area contributed by atoms with Crippen LogP contribution in [-0.2, 0) is 6.42 Å². The van der Waals surface area contributed by atoms with Gasteiger partial charge in [0.05, 0.1) is 12.0 Å². The third-order valence-corrected chi connectivity index (χ3v) is 5.03. The highest BCUT2D eigenvalue weighted by molar-refractivity contribution is 5.92. The summed E-state index contributed by atoms with van der Waals surface area (Å²) < 4.78 is 44.4. The van der Waals surface area contributed by atoms with Crippen LogP contribution in [0.1, 0.15) is 48.5 Å². The van der Waals surface area contributed by atoms with E-state index < -0.39 is 12.1 Å². The fraction of sp³-hybridized carbons (Fsp3) is 0.450. The van der Waals surface area contributed by atoms with Gasteiger partial charge in [-0.25, -0.2) is 0 Å². The van der Waals surface area contributed by atoms with Crippen molar-refractivity contribution in [2.75, 3.05) is 0 Å². The molecule has 0 spiro atoms. The Balaban J connectivity index is 1.79. The van der Waals surface area contributed by atoms with Crippen molar-refractivity contribution in [2.45, 2.75) is 51.3 Å². The Hall–Kier alpha value is -2.04. The number of benzene rings is 2. The quantitative estimate of drug-likeness (QED) is 0.660. The number of alkyl halides is 3. The molecule has 3 rings (SSSR count). The monoisotopic (exact) mass is 350 g/mol. The lowest BCUT2D eigenvalue weighted by atomic mass is 9.87. The number of carbonyl (C=O) groups is 1. The Kier molecular flexibility index (Phi) is 5.02. The standard InChI is InChI=1S/C20H21F3O2/c1-2-17-18-9-3-13(12-24)11-14(18)4-10-19(17)25-16-7-5-15(6-8-16)20(21,22)23/h3-4,9-12,15-16H,2,5-8H2,1H3. The van der Waals surface area contributed by atoms with Gasteiger partial charge in [-0.05, 0) is 55.0 Å². The highest BCUT2D eigenvalue weighted by Gasteiger charge is 2.41. The van der Waals surface area contributed by atoms with Crippen molar-refractivity contribution in [2.24, 2.45) is 5.92 Å². The number of carbonyl (C=O) groups excluding carboxylic acids is 1. The summed E-state index contributed by atoms with van der Waals surface area (Å²) in [7, 11) is 0. The molecule has 0 radical (unpaired) electrons. The number of halogens is 3. The lowest BCUT2D eigenvalue weighted by Crippen LogP contribution is -2.32. The summed E-state index contributed by atoms with van der Waals surface area (Å²) in [4.78, 5) is 10.9. The van der Waals surface area contributed by atoms with Crippen LogP contribution in [0.15, 0.2) is 30.3 Å². The van der Waals surface area contributed by atoms with Crippen LogP contribution < -0.4 is 4.74 Å². The molecule has 134 valence electrons. The highest BCUT2D eigenvalue weighted by Crippen LogP contribution is 2.39. The van der Waals surface area contributed by atoms with Crippen molar-refractivity contribution < 1.29 is 22.7 Å². The maximum Gasteiger partial charge on any atom is 0.391 e. The number of ether oxygens (including phenoxy) is 1. The molecule has 0 atom stereocenters. The molecule has 2 aromatic rings. The number of fused-ring (bicyclic) bond motifs is 1. The summed E-state index contributed by atoms with van der Waals surface area (Å²) in [5, 5.41) is 1.99. The maximum atomic E-state index is 12.8. The van der Waals surface area contributed by atoms with Crippen molar-refractivity contribution in [3.05, 3.63) is 41.5 Å². The fourth-order valence-electron chi connectivity index (χ4n) is 3.63. The second kappa shape index (κ2) is 7.06. The smallest absolute Gasteiger partial charge is 0.391 e. The van der Waals surface area contributed by atoms with Crippen LogP contribution in [0.2, 0.25) is 0 Å². The number of hydrogen-bond donors (Lipinski definition) is 0. The average molecular weight is 350 g/mol. The first-order chi connectivity index (χ1) is 11.9. The van der Waals surface area contributed by atoms with Gasteiger partial charge in [0, 0.05) is 11.1 Å². The molecule has 1 aliphatic rings. The molecule has 2 aromatic carbocycles. The van der Waals surface area contributed by atoms with Crippen molar-refractivity contribution in [3.63, 3.8) is 0 Å². The molecule has 0 aromatic heterocycles. The van der Waals surface area contributed by atoms with Gasteiger partial charge in [0.25, 0.3) is 0 Å². The second-order valence-electron chi connectivity index (χ2n) is 6.63. The Morgan fingerprint density at radius 1 is 1.12 bits per heavy atom. The zero-order chi connectivity index (χ0) is 18.0. The minimum atomic E-state index is -4.10. The van der Waals surface area contributed by atoms with E-state index in [1.165, 1.54) is 0 Å². The molecule has 1 aliphatic carbocycles. The van der Waals surface area contributed by atoms with Crippen LogP contribution >= 0.6 is 0 Å². The highest BCUT2D eigenvalue weighted by atomic mass is 19.4. The molecule has 0 N–H and O–H groups in total. The van der Waals surface area contributed by atoms with Crippen LogP contribution in [0, 0.1) is 5.92 Å². The van der Waals surface area contributed by atoms with Gasteiger partial charge in [-0.1, -0.05) is 25.1 Å². The predicted molar refractivity (Wildman–Crippen MR) is 91.1 cm³/mol. The summed E-state index contributed by atoms with van der Waals surface area (Å²) in [6.07, 6.45) is -1.59. The summed E-state index contributed by atoms with van der Waals surface area (Å²) in [6, 6.07) is 9.28. The van der Waals surface area contributed by atoms with Gasteiger partial charge in [0.15, 0.2) is 0 Å². The lowest BCUT2D eigenvalue weighted by Gasteiger charge is -2.30. The second-order valence-corrected chi connectivity index (χ2v) is 6.63. The molecular formula is C20H21F3O2. The third kappa shape index (κ3) is 3.80. The summed E-state index contributed by atoms with van der Waals surface area (Å²) in [5.41, 5.74) is 1.65. The number of aryl methyl sites for hydroxylation is 1. The SMILES string of the molecule is CCc1c(OC2CCC(C(F)(F)F)CC2)ccc2cc(C=O)ccc12. The molecule has 2 nitrogen and oxygen atoms in total. The van der Waals surface area contributed by atoms with E-state index in [2.05, 4.69) is 0 Å². The molecule has 0 amide bonds. The first kappa shape index (κ1) is 17.8. The van der Waals surface area contributed by atoms with E-state index in [0.717, 1.165) is 34.8 Å². The minimum Gasteiger partial charge on any atom is -0.490 e. The van der Waals surface area contributed by atoms with Crippen molar-refractivity contribution in [1.82, 2.24) is 0 Å². The Bertz CT molecular complexity index is 759. The van der Waals surface area contributed by atoms with Gasteiger partial charge in [0.1, 0.15) is 12.0 Å². The van der Waals surface area contributed by atoms with Gasteiger partial charge in [-0.3, -0.25) is 4.79 Å². The molecule has 1 saturated carbocycles. The minimum absolute atomic E-state index is 0.131. The van der Waals surface area contributed by atoms with Gasteiger partial charge < -0.3 is 4.74 Å².